The third-order valence-electron chi connectivity index (χ3n) is 3.24. The normalized spacial score (nSPS) is 10.6. The number of nitrogens with zero attached hydrogens (tertiary/aromatic N) is 1. The largest absolute Gasteiger partial charge is 0.507 e. The fourth-order valence-electron chi connectivity index (χ4n) is 2.11. The summed E-state index contributed by atoms with van der Waals surface area (Å²) < 4.78 is 5.20. The van der Waals surface area contributed by atoms with E-state index in [4.69, 9.17) is 16.3 Å². The molecule has 0 aliphatic carbocycles. The van der Waals surface area contributed by atoms with Gasteiger partial charge in [0.25, 0.3) is 0 Å². The number of rotatable bonds is 3. The van der Waals surface area contributed by atoms with Crippen LogP contribution in [0.3, 0.4) is 0 Å². The van der Waals surface area contributed by atoms with E-state index in [9.17, 15) is 9.90 Å². The molecule has 5 heteroatoms. The Morgan fingerprint density at radius 2 is 1.86 bits per heavy atom. The Hall–Kier alpha value is -2.59. The zero-order valence-corrected chi connectivity index (χ0v) is 12.2. The second kappa shape index (κ2) is 6.03. The van der Waals surface area contributed by atoms with Crippen molar-refractivity contribution >= 4 is 28.3 Å². The lowest BCUT2D eigenvalue weighted by Crippen LogP contribution is -2.06. The van der Waals surface area contributed by atoms with Crippen molar-refractivity contribution in [3.05, 3.63) is 71.0 Å². The monoisotopic (exact) mass is 313 g/mol. The number of pyridine rings is 1. The lowest BCUT2D eigenvalue weighted by Gasteiger charge is -2.08. The first kappa shape index (κ1) is 14.4. The minimum Gasteiger partial charge on any atom is -0.507 e. The van der Waals surface area contributed by atoms with E-state index < -0.39 is 5.97 Å². The van der Waals surface area contributed by atoms with Crippen LogP contribution in [0.25, 0.3) is 10.8 Å². The quantitative estimate of drug-likeness (QED) is 0.587. The average Bonchev–Trinajstić information content (AvgIpc) is 2.53. The van der Waals surface area contributed by atoms with Gasteiger partial charge in [0.15, 0.2) is 0 Å². The van der Waals surface area contributed by atoms with Crippen LogP contribution in [0.4, 0.5) is 0 Å². The lowest BCUT2D eigenvalue weighted by molar-refractivity contribution is 0.0469. The zero-order valence-electron chi connectivity index (χ0n) is 11.5. The number of hydrogen-bond donors (Lipinski definition) is 1. The summed E-state index contributed by atoms with van der Waals surface area (Å²) >= 11 is 5.69. The van der Waals surface area contributed by atoms with E-state index in [1.807, 2.05) is 24.3 Å². The summed E-state index contributed by atoms with van der Waals surface area (Å²) in [5, 5.41) is 12.1. The van der Waals surface area contributed by atoms with E-state index in [1.165, 1.54) is 6.20 Å². The number of phenolic OH excluding ortho intramolecular Hbond substituents is 1. The summed E-state index contributed by atoms with van der Waals surface area (Å²) in [4.78, 5) is 16.0. The summed E-state index contributed by atoms with van der Waals surface area (Å²) in [6.45, 7) is 0.0648. The predicted octanol–water partition coefficient (Wildman–Crippen LogP) is 3.95. The molecule has 110 valence electrons. The van der Waals surface area contributed by atoms with Gasteiger partial charge in [-0.15, -0.1) is 0 Å². The molecule has 1 aromatic heterocycles. The molecule has 0 unspecified atom stereocenters. The van der Waals surface area contributed by atoms with Crippen LogP contribution in [0.1, 0.15) is 15.9 Å². The molecular weight excluding hydrogens is 302 g/mol. The summed E-state index contributed by atoms with van der Waals surface area (Å²) in [5.74, 6) is -0.684. The molecular formula is C17H12ClNO3. The number of carbonyl (C=O) groups is 1. The van der Waals surface area contributed by atoms with Gasteiger partial charge in [-0.25, -0.2) is 9.78 Å². The number of fused-ring (bicyclic) bond motifs is 1. The SMILES string of the molecule is O=C(OCc1ccc(Cl)nc1)c1cc2ccccc2cc1O. The van der Waals surface area contributed by atoms with Crippen LogP contribution >= 0.6 is 11.6 Å². The van der Waals surface area contributed by atoms with E-state index in [0.29, 0.717) is 5.15 Å². The first-order valence-electron chi connectivity index (χ1n) is 6.63. The molecule has 0 saturated heterocycles. The van der Waals surface area contributed by atoms with Gasteiger partial charge in [0.2, 0.25) is 0 Å². The number of aromatic nitrogens is 1. The van der Waals surface area contributed by atoms with Gasteiger partial charge in [0, 0.05) is 11.8 Å². The maximum absolute atomic E-state index is 12.1. The van der Waals surface area contributed by atoms with Crippen molar-refractivity contribution in [1.82, 2.24) is 4.98 Å². The number of aromatic hydroxyl groups is 1. The van der Waals surface area contributed by atoms with Gasteiger partial charge in [-0.1, -0.05) is 41.9 Å². The van der Waals surface area contributed by atoms with Crippen molar-refractivity contribution in [3.8, 4) is 5.75 Å². The van der Waals surface area contributed by atoms with Gasteiger partial charge >= 0.3 is 5.97 Å². The van der Waals surface area contributed by atoms with Crippen molar-refractivity contribution in [1.29, 1.82) is 0 Å². The van der Waals surface area contributed by atoms with Crippen LogP contribution in [0.2, 0.25) is 5.15 Å². The molecule has 0 saturated carbocycles. The van der Waals surface area contributed by atoms with Gasteiger partial charge in [0.1, 0.15) is 23.1 Å². The summed E-state index contributed by atoms with van der Waals surface area (Å²) in [5.41, 5.74) is 0.860. The van der Waals surface area contributed by atoms with Gasteiger partial charge < -0.3 is 9.84 Å². The Morgan fingerprint density at radius 1 is 1.14 bits per heavy atom. The maximum Gasteiger partial charge on any atom is 0.342 e. The molecule has 0 bridgehead atoms. The molecule has 0 aliphatic rings. The standard InChI is InChI=1S/C17H12ClNO3/c18-16-6-5-11(9-19-16)10-22-17(21)14-7-12-3-1-2-4-13(12)8-15(14)20/h1-9,20H,10H2. The van der Waals surface area contributed by atoms with E-state index in [0.717, 1.165) is 16.3 Å². The molecule has 0 radical (unpaired) electrons. The molecule has 0 atom stereocenters. The van der Waals surface area contributed by atoms with Gasteiger partial charge in [-0.3, -0.25) is 0 Å². The second-order valence-electron chi connectivity index (χ2n) is 4.78. The first-order chi connectivity index (χ1) is 10.6. The number of esters is 1. The van der Waals surface area contributed by atoms with E-state index in [1.54, 1.807) is 24.3 Å². The Morgan fingerprint density at radius 3 is 2.55 bits per heavy atom. The van der Waals surface area contributed by atoms with Crippen LogP contribution in [0.15, 0.2) is 54.7 Å². The minimum atomic E-state index is -0.585. The summed E-state index contributed by atoms with van der Waals surface area (Å²) in [6.07, 6.45) is 1.54. The van der Waals surface area contributed by atoms with Crippen molar-refractivity contribution in [2.24, 2.45) is 0 Å². The Kier molecular flexibility index (Phi) is 3.94. The molecule has 1 heterocycles. The molecule has 0 amide bonds. The predicted molar refractivity (Wildman–Crippen MR) is 84.0 cm³/mol. The Balaban J connectivity index is 1.79. The van der Waals surface area contributed by atoms with Gasteiger partial charge in [-0.2, -0.15) is 0 Å². The maximum atomic E-state index is 12.1. The third kappa shape index (κ3) is 3.02. The van der Waals surface area contributed by atoms with Gasteiger partial charge in [-0.05, 0) is 29.0 Å². The second-order valence-corrected chi connectivity index (χ2v) is 5.17. The van der Waals surface area contributed by atoms with Crippen LogP contribution in [0, 0.1) is 0 Å². The van der Waals surface area contributed by atoms with E-state index in [-0.39, 0.29) is 17.9 Å². The lowest BCUT2D eigenvalue weighted by atomic mass is 10.1. The van der Waals surface area contributed by atoms with Crippen molar-refractivity contribution in [2.75, 3.05) is 0 Å². The topological polar surface area (TPSA) is 59.4 Å². The van der Waals surface area contributed by atoms with Crippen molar-refractivity contribution in [3.63, 3.8) is 0 Å². The number of benzene rings is 2. The molecule has 0 fully saturated rings. The van der Waals surface area contributed by atoms with Crippen molar-refractivity contribution in [2.45, 2.75) is 6.61 Å². The molecule has 3 rings (SSSR count). The molecule has 4 nitrogen and oxygen atoms in total. The highest BCUT2D eigenvalue weighted by molar-refractivity contribution is 6.29. The molecule has 0 spiro atoms. The Labute approximate surface area is 131 Å². The molecule has 1 N–H and O–H groups in total. The van der Waals surface area contributed by atoms with Crippen molar-refractivity contribution < 1.29 is 14.6 Å². The first-order valence-corrected chi connectivity index (χ1v) is 7.00. The number of phenols is 1. The number of carbonyl (C=O) groups excluding carboxylic acids is 1. The van der Waals surface area contributed by atoms with Gasteiger partial charge in [0.05, 0.1) is 0 Å². The zero-order chi connectivity index (χ0) is 15.5. The minimum absolute atomic E-state index is 0.0648. The van der Waals surface area contributed by atoms with Crippen LogP contribution in [-0.4, -0.2) is 16.1 Å². The third-order valence-corrected chi connectivity index (χ3v) is 3.47. The van der Waals surface area contributed by atoms with Crippen LogP contribution in [-0.2, 0) is 11.3 Å². The molecule has 2 aromatic carbocycles. The molecule has 22 heavy (non-hydrogen) atoms. The van der Waals surface area contributed by atoms with E-state index in [2.05, 4.69) is 4.98 Å². The number of halogens is 1. The highest BCUT2D eigenvalue weighted by Gasteiger charge is 2.14. The smallest absolute Gasteiger partial charge is 0.342 e. The summed E-state index contributed by atoms with van der Waals surface area (Å²) in [7, 11) is 0. The highest BCUT2D eigenvalue weighted by Crippen LogP contribution is 2.25. The molecule has 3 aromatic rings. The number of hydrogen-bond acceptors (Lipinski definition) is 4. The average molecular weight is 314 g/mol. The fourth-order valence-corrected chi connectivity index (χ4v) is 2.22. The number of ether oxygens (including phenoxy) is 1. The summed E-state index contributed by atoms with van der Waals surface area (Å²) in [6, 6.07) is 14.0. The van der Waals surface area contributed by atoms with E-state index >= 15 is 0 Å². The van der Waals surface area contributed by atoms with Crippen LogP contribution < -0.4 is 0 Å². The highest BCUT2D eigenvalue weighted by atomic mass is 35.5. The Bertz CT molecular complexity index is 831. The molecule has 0 aliphatic heterocycles. The fraction of sp³-hybridized carbons (Fsp3) is 0.0588. The van der Waals surface area contributed by atoms with Crippen LogP contribution in [0.5, 0.6) is 5.75 Å².